The zero-order chi connectivity index (χ0) is 35.3. The molecule has 14 heteroatoms. The molecule has 0 N–H and O–H groups in total. The largest absolute Gasteiger partial charge is 0.493 e. The van der Waals surface area contributed by atoms with Gasteiger partial charge in [0.15, 0.2) is 6.29 Å². The van der Waals surface area contributed by atoms with Crippen molar-refractivity contribution in [3.63, 3.8) is 0 Å². The number of unbranched alkanes of at least 4 members (excludes halogenated alkanes) is 4. The SMILES string of the molecule is CCCCCCCOc1cc(OCCOc2ccccc2N(CC(=O)OC)CC(=O)OC)c(N(CC(=O)OC)CC(=O)OC)cc1C=O. The first-order valence-electron chi connectivity index (χ1n) is 15.6. The van der Waals surface area contributed by atoms with E-state index in [4.69, 9.17) is 33.2 Å². The molecule has 0 aliphatic rings. The minimum absolute atomic E-state index is 0.00219. The van der Waals surface area contributed by atoms with Crippen LogP contribution >= 0.6 is 0 Å². The van der Waals surface area contributed by atoms with Crippen molar-refractivity contribution in [2.75, 3.05) is 84.2 Å². The number of nitrogens with zero attached hydrogens (tertiary/aromatic N) is 2. The van der Waals surface area contributed by atoms with Crippen LogP contribution in [0.1, 0.15) is 49.4 Å². The van der Waals surface area contributed by atoms with Gasteiger partial charge >= 0.3 is 23.9 Å². The van der Waals surface area contributed by atoms with Crippen molar-refractivity contribution in [1.29, 1.82) is 0 Å². The molecular weight excluding hydrogens is 628 g/mol. The fourth-order valence-electron chi connectivity index (χ4n) is 4.51. The Morgan fingerprint density at radius 1 is 0.583 bits per heavy atom. The highest BCUT2D eigenvalue weighted by Crippen LogP contribution is 2.36. The lowest BCUT2D eigenvalue weighted by Gasteiger charge is -2.26. The Hall–Kier alpha value is -5.01. The van der Waals surface area contributed by atoms with Crippen LogP contribution in [0.25, 0.3) is 0 Å². The van der Waals surface area contributed by atoms with E-state index in [1.807, 2.05) is 0 Å². The maximum absolute atomic E-state index is 12.3. The summed E-state index contributed by atoms with van der Waals surface area (Å²) >= 11 is 0. The highest BCUT2D eigenvalue weighted by atomic mass is 16.5. The van der Waals surface area contributed by atoms with E-state index in [9.17, 15) is 24.0 Å². The van der Waals surface area contributed by atoms with Crippen LogP contribution in [0.2, 0.25) is 0 Å². The number of para-hydroxylation sites is 2. The molecule has 48 heavy (non-hydrogen) atoms. The third-order valence-corrected chi connectivity index (χ3v) is 7.06. The first kappa shape index (κ1) is 39.2. The van der Waals surface area contributed by atoms with Gasteiger partial charge < -0.3 is 43.0 Å². The van der Waals surface area contributed by atoms with Gasteiger partial charge in [-0.1, -0.05) is 44.7 Å². The Balaban J connectivity index is 2.36. The average Bonchev–Trinajstić information content (AvgIpc) is 3.10. The fourth-order valence-corrected chi connectivity index (χ4v) is 4.51. The Morgan fingerprint density at radius 3 is 1.58 bits per heavy atom. The van der Waals surface area contributed by atoms with Crippen LogP contribution in [-0.4, -0.2) is 105 Å². The summed E-state index contributed by atoms with van der Waals surface area (Å²) in [6.45, 7) is 1.35. The van der Waals surface area contributed by atoms with E-state index in [2.05, 4.69) is 6.92 Å². The maximum Gasteiger partial charge on any atom is 0.325 e. The van der Waals surface area contributed by atoms with Gasteiger partial charge in [0.25, 0.3) is 0 Å². The van der Waals surface area contributed by atoms with Crippen molar-refractivity contribution < 1.29 is 57.1 Å². The Labute approximate surface area is 281 Å². The van der Waals surface area contributed by atoms with Gasteiger partial charge in [-0.3, -0.25) is 24.0 Å². The van der Waals surface area contributed by atoms with E-state index in [-0.39, 0.29) is 62.1 Å². The second kappa shape index (κ2) is 21.7. The molecule has 0 spiro atoms. The number of aldehydes is 1. The van der Waals surface area contributed by atoms with Crippen LogP contribution in [0.3, 0.4) is 0 Å². The highest BCUT2D eigenvalue weighted by Gasteiger charge is 2.23. The first-order chi connectivity index (χ1) is 23.2. The molecule has 0 unspecified atom stereocenters. The van der Waals surface area contributed by atoms with Crippen molar-refractivity contribution in [3.8, 4) is 17.2 Å². The highest BCUT2D eigenvalue weighted by molar-refractivity contribution is 5.87. The number of carbonyl (C=O) groups is 5. The van der Waals surface area contributed by atoms with Crippen molar-refractivity contribution in [1.82, 2.24) is 0 Å². The van der Waals surface area contributed by atoms with Gasteiger partial charge in [-0.05, 0) is 24.6 Å². The van der Waals surface area contributed by atoms with Crippen LogP contribution in [-0.2, 0) is 38.1 Å². The standard InChI is InChI=1S/C34H46N2O12/c1-6-7-8-9-12-15-46-29-19-30(27(18-25(29)24-37)36(22-33(40)44-4)23-34(41)45-5)48-17-16-47-28-14-11-10-13-26(28)35(20-31(38)42-2)21-32(39)43-3/h10-11,13-14,18-19,24H,6-9,12,15-17,20-23H2,1-5H3. The molecule has 0 fully saturated rings. The van der Waals surface area contributed by atoms with Crippen LogP contribution < -0.4 is 24.0 Å². The topological polar surface area (TPSA) is 156 Å². The van der Waals surface area contributed by atoms with Crippen LogP contribution in [0.4, 0.5) is 11.4 Å². The van der Waals surface area contributed by atoms with Gasteiger partial charge in [0, 0.05) is 6.07 Å². The van der Waals surface area contributed by atoms with Crippen molar-refractivity contribution in [2.24, 2.45) is 0 Å². The summed E-state index contributed by atoms with van der Waals surface area (Å²) in [6.07, 6.45) is 5.72. The Morgan fingerprint density at radius 2 is 1.06 bits per heavy atom. The van der Waals surface area contributed by atoms with E-state index < -0.39 is 23.9 Å². The zero-order valence-electron chi connectivity index (χ0n) is 28.3. The third-order valence-electron chi connectivity index (χ3n) is 7.06. The molecule has 0 radical (unpaired) electrons. The Bertz CT molecular complexity index is 1310. The molecule has 2 rings (SSSR count). The van der Waals surface area contributed by atoms with Crippen LogP contribution in [0.15, 0.2) is 36.4 Å². The number of hydrogen-bond donors (Lipinski definition) is 0. The molecule has 0 bridgehead atoms. The molecule has 2 aromatic carbocycles. The number of ether oxygens (including phenoxy) is 7. The molecule has 0 amide bonds. The molecule has 0 heterocycles. The van der Waals surface area contributed by atoms with E-state index in [1.54, 1.807) is 24.3 Å². The first-order valence-corrected chi connectivity index (χ1v) is 15.6. The Kier molecular flexibility index (Phi) is 17.7. The third kappa shape index (κ3) is 13.0. The molecule has 0 atom stereocenters. The van der Waals surface area contributed by atoms with Gasteiger partial charge in [-0.15, -0.1) is 0 Å². The van der Waals surface area contributed by atoms with Crippen LogP contribution in [0, 0.1) is 0 Å². The van der Waals surface area contributed by atoms with Gasteiger partial charge in [0.2, 0.25) is 0 Å². The summed E-state index contributed by atoms with van der Waals surface area (Å²) in [5, 5.41) is 0. The summed E-state index contributed by atoms with van der Waals surface area (Å²) in [7, 11) is 4.93. The summed E-state index contributed by atoms with van der Waals surface area (Å²) < 4.78 is 37.3. The van der Waals surface area contributed by atoms with E-state index >= 15 is 0 Å². The second-order valence-corrected chi connectivity index (χ2v) is 10.4. The smallest absolute Gasteiger partial charge is 0.325 e. The summed E-state index contributed by atoms with van der Waals surface area (Å²) in [5.41, 5.74) is 0.902. The number of carbonyl (C=O) groups excluding carboxylic acids is 5. The molecule has 0 aromatic heterocycles. The fraction of sp³-hybridized carbons (Fsp3) is 0.500. The summed E-state index contributed by atoms with van der Waals surface area (Å²) in [5.74, 6) is -1.54. The number of esters is 4. The van der Waals surface area contributed by atoms with E-state index in [0.717, 1.165) is 32.1 Å². The molecule has 2 aromatic rings. The summed E-state index contributed by atoms with van der Waals surface area (Å²) in [6, 6.07) is 9.82. The lowest BCUT2D eigenvalue weighted by molar-refractivity contribution is -0.141. The molecule has 0 aliphatic heterocycles. The van der Waals surface area contributed by atoms with Gasteiger partial charge in [-0.25, -0.2) is 0 Å². The normalized spacial score (nSPS) is 10.4. The van der Waals surface area contributed by atoms with E-state index in [1.165, 1.54) is 50.4 Å². The zero-order valence-corrected chi connectivity index (χ0v) is 28.3. The monoisotopic (exact) mass is 674 g/mol. The van der Waals surface area contributed by atoms with Crippen LogP contribution in [0.5, 0.6) is 17.2 Å². The molecule has 0 aliphatic carbocycles. The van der Waals surface area contributed by atoms with Gasteiger partial charge in [-0.2, -0.15) is 0 Å². The van der Waals surface area contributed by atoms with Crippen molar-refractivity contribution >= 4 is 41.5 Å². The predicted molar refractivity (Wildman–Crippen MR) is 176 cm³/mol. The minimum Gasteiger partial charge on any atom is -0.493 e. The van der Waals surface area contributed by atoms with Gasteiger partial charge in [0.05, 0.1) is 52.0 Å². The number of benzene rings is 2. The molecule has 0 saturated carbocycles. The number of anilines is 2. The second-order valence-electron chi connectivity index (χ2n) is 10.4. The molecule has 264 valence electrons. The van der Waals surface area contributed by atoms with E-state index in [0.29, 0.717) is 24.3 Å². The lowest BCUT2D eigenvalue weighted by Crippen LogP contribution is -2.36. The molecule has 14 nitrogen and oxygen atoms in total. The predicted octanol–water partition coefficient (Wildman–Crippen LogP) is 3.61. The number of methoxy groups -OCH3 is 4. The molecule has 0 saturated heterocycles. The van der Waals surface area contributed by atoms with Gasteiger partial charge in [0.1, 0.15) is 56.6 Å². The van der Waals surface area contributed by atoms with Crippen molar-refractivity contribution in [2.45, 2.75) is 39.0 Å². The number of hydrogen-bond acceptors (Lipinski definition) is 14. The maximum atomic E-state index is 12.3. The summed E-state index contributed by atoms with van der Waals surface area (Å²) in [4.78, 5) is 63.7. The minimum atomic E-state index is -0.631. The quantitative estimate of drug-likeness (QED) is 0.0729. The lowest BCUT2D eigenvalue weighted by atomic mass is 10.1. The average molecular weight is 675 g/mol. The number of rotatable bonds is 23. The molecular formula is C34H46N2O12. The van der Waals surface area contributed by atoms with Crippen molar-refractivity contribution in [3.05, 3.63) is 42.0 Å².